The predicted molar refractivity (Wildman–Crippen MR) is 57.3 cm³/mol. The Kier molecular flexibility index (Phi) is 3.07. The van der Waals surface area contributed by atoms with E-state index in [4.69, 9.17) is 0 Å². The van der Waals surface area contributed by atoms with Crippen molar-refractivity contribution in [1.82, 2.24) is 9.78 Å². The molecule has 70 valence electrons. The minimum Gasteiger partial charge on any atom is -0.241 e. The topological polar surface area (TPSA) is 17.8 Å². The second-order valence-corrected chi connectivity index (χ2v) is 3.06. The summed E-state index contributed by atoms with van der Waals surface area (Å²) in [4.78, 5) is 0. The largest absolute Gasteiger partial charge is 0.241 e. The Morgan fingerprint density at radius 1 is 1.69 bits per heavy atom. The van der Waals surface area contributed by atoms with E-state index in [1.807, 2.05) is 30.1 Å². The molecule has 2 nitrogen and oxygen atoms in total. The van der Waals surface area contributed by atoms with Crippen LogP contribution in [0.2, 0.25) is 0 Å². The van der Waals surface area contributed by atoms with E-state index >= 15 is 0 Å². The molecule has 0 N–H and O–H groups in total. The number of hydrogen-bond acceptors (Lipinski definition) is 1. The van der Waals surface area contributed by atoms with Crippen LogP contribution in [-0.2, 0) is 0 Å². The van der Waals surface area contributed by atoms with Crippen molar-refractivity contribution in [2.24, 2.45) is 0 Å². The van der Waals surface area contributed by atoms with E-state index in [0.29, 0.717) is 0 Å². The Morgan fingerprint density at radius 2 is 2.38 bits per heavy atom. The van der Waals surface area contributed by atoms with Crippen LogP contribution < -0.4 is 0 Å². The highest BCUT2D eigenvalue weighted by atomic mass is 15.3. The molecule has 1 aromatic rings. The molecule has 0 amide bonds. The highest BCUT2D eigenvalue weighted by Crippen LogP contribution is 2.19. The predicted octanol–water partition coefficient (Wildman–Crippen LogP) is 3.11. The fourth-order valence-electron chi connectivity index (χ4n) is 1.31. The molecule has 0 aromatic carbocycles. The zero-order valence-electron chi connectivity index (χ0n) is 8.54. The molecule has 0 aliphatic carbocycles. The van der Waals surface area contributed by atoms with Gasteiger partial charge in [-0.3, -0.25) is 0 Å². The molecule has 13 heavy (non-hydrogen) atoms. The average molecular weight is 176 g/mol. The van der Waals surface area contributed by atoms with E-state index in [2.05, 4.69) is 25.5 Å². The molecule has 0 radical (unpaired) electrons. The summed E-state index contributed by atoms with van der Waals surface area (Å²) in [5.41, 5.74) is 3.46. The summed E-state index contributed by atoms with van der Waals surface area (Å²) in [6, 6.07) is 0. The molecule has 2 heteroatoms. The summed E-state index contributed by atoms with van der Waals surface area (Å²) < 4.78 is 1.88. The number of aryl methyl sites for hydroxylation is 1. The van der Waals surface area contributed by atoms with Gasteiger partial charge in [0.2, 0.25) is 0 Å². The maximum Gasteiger partial charge on any atom is 0.0716 e. The Morgan fingerprint density at radius 3 is 2.92 bits per heavy atom. The molecule has 0 atom stereocenters. The quantitative estimate of drug-likeness (QED) is 0.692. The first-order valence-corrected chi connectivity index (χ1v) is 4.55. The smallest absolute Gasteiger partial charge is 0.0716 e. The van der Waals surface area contributed by atoms with Crippen molar-refractivity contribution < 1.29 is 0 Å². The molecule has 0 aliphatic heterocycles. The van der Waals surface area contributed by atoms with E-state index in [0.717, 1.165) is 17.7 Å². The first kappa shape index (κ1) is 9.78. The summed E-state index contributed by atoms with van der Waals surface area (Å²) in [5, 5.41) is 4.24. The molecule has 0 spiro atoms. The van der Waals surface area contributed by atoms with Crippen molar-refractivity contribution in [3.8, 4) is 0 Å². The molecule has 1 heterocycles. The summed E-state index contributed by atoms with van der Waals surface area (Å²) in [6.45, 7) is 10.2. The maximum atomic E-state index is 4.24. The van der Waals surface area contributed by atoms with Crippen LogP contribution in [-0.4, -0.2) is 9.78 Å². The van der Waals surface area contributed by atoms with Gasteiger partial charge in [-0.15, -0.1) is 0 Å². The van der Waals surface area contributed by atoms with E-state index in [-0.39, 0.29) is 0 Å². The zero-order chi connectivity index (χ0) is 9.84. The Balaban J connectivity index is 3.15. The van der Waals surface area contributed by atoms with Crippen molar-refractivity contribution in [2.75, 3.05) is 0 Å². The number of aromatic nitrogens is 2. The van der Waals surface area contributed by atoms with Gasteiger partial charge in [-0.2, -0.15) is 5.10 Å². The van der Waals surface area contributed by atoms with Crippen LogP contribution in [0.5, 0.6) is 0 Å². The summed E-state index contributed by atoms with van der Waals surface area (Å²) in [6.07, 6.45) is 6.75. The molecular formula is C11H16N2. The number of hydrogen-bond donors (Lipinski definition) is 0. The second-order valence-electron chi connectivity index (χ2n) is 3.06. The van der Waals surface area contributed by atoms with Crippen molar-refractivity contribution in [2.45, 2.75) is 27.2 Å². The number of allylic oxidation sites excluding steroid dienone is 2. The average Bonchev–Trinajstić information content (AvgIpc) is 2.47. The minimum atomic E-state index is 0.962. The van der Waals surface area contributed by atoms with Crippen LogP contribution in [0.1, 0.15) is 31.5 Å². The SMILES string of the molecule is C=C(CC)c1c(C)cnn1/C=C\C. The fourth-order valence-corrected chi connectivity index (χ4v) is 1.31. The minimum absolute atomic E-state index is 0.962. The normalized spacial score (nSPS) is 11.0. The maximum absolute atomic E-state index is 4.24. The highest BCUT2D eigenvalue weighted by Gasteiger charge is 2.06. The molecule has 0 unspecified atom stereocenters. The monoisotopic (exact) mass is 176 g/mol. The molecule has 1 aromatic heterocycles. The van der Waals surface area contributed by atoms with Crippen LogP contribution in [0.3, 0.4) is 0 Å². The molecule has 0 saturated carbocycles. The van der Waals surface area contributed by atoms with Crippen molar-refractivity contribution in [1.29, 1.82) is 0 Å². The standard InChI is InChI=1S/C11H16N2/c1-5-7-13-11(9(3)6-2)10(4)8-12-13/h5,7-8H,3,6H2,1-2,4H3/b7-5-. The van der Waals surface area contributed by atoms with Crippen LogP contribution in [0, 0.1) is 6.92 Å². The van der Waals surface area contributed by atoms with Crippen LogP contribution in [0.4, 0.5) is 0 Å². The lowest BCUT2D eigenvalue weighted by Crippen LogP contribution is -1.96. The number of rotatable bonds is 3. The van der Waals surface area contributed by atoms with Gasteiger partial charge in [0.15, 0.2) is 0 Å². The lowest BCUT2D eigenvalue weighted by Gasteiger charge is -2.04. The molecule has 0 saturated heterocycles. The van der Waals surface area contributed by atoms with E-state index < -0.39 is 0 Å². The van der Waals surface area contributed by atoms with E-state index in [1.54, 1.807) is 0 Å². The third-order valence-corrected chi connectivity index (χ3v) is 2.03. The molecule has 1 rings (SSSR count). The van der Waals surface area contributed by atoms with E-state index in [9.17, 15) is 0 Å². The molecular weight excluding hydrogens is 160 g/mol. The van der Waals surface area contributed by atoms with Gasteiger partial charge in [0.1, 0.15) is 0 Å². The van der Waals surface area contributed by atoms with Gasteiger partial charge < -0.3 is 0 Å². The zero-order valence-corrected chi connectivity index (χ0v) is 8.54. The van der Waals surface area contributed by atoms with Crippen LogP contribution in [0.15, 0.2) is 18.9 Å². The summed E-state index contributed by atoms with van der Waals surface area (Å²) in [5.74, 6) is 0. The Hall–Kier alpha value is -1.31. The van der Waals surface area contributed by atoms with Crippen LogP contribution in [0.25, 0.3) is 11.8 Å². The van der Waals surface area contributed by atoms with E-state index in [1.165, 1.54) is 5.56 Å². The first-order valence-electron chi connectivity index (χ1n) is 4.55. The van der Waals surface area contributed by atoms with Gasteiger partial charge in [-0.05, 0) is 31.4 Å². The fraction of sp³-hybridized carbons (Fsp3) is 0.364. The molecule has 0 bridgehead atoms. The summed E-state index contributed by atoms with van der Waals surface area (Å²) in [7, 11) is 0. The van der Waals surface area contributed by atoms with Crippen molar-refractivity contribution in [3.63, 3.8) is 0 Å². The second kappa shape index (κ2) is 4.08. The van der Waals surface area contributed by atoms with Gasteiger partial charge in [0.25, 0.3) is 0 Å². The first-order chi connectivity index (χ1) is 6.20. The van der Waals surface area contributed by atoms with Crippen molar-refractivity contribution >= 4 is 11.8 Å². The third-order valence-electron chi connectivity index (χ3n) is 2.03. The Labute approximate surface area is 79.6 Å². The van der Waals surface area contributed by atoms with Gasteiger partial charge in [0.05, 0.1) is 11.9 Å². The Bertz CT molecular complexity index is 332. The van der Waals surface area contributed by atoms with Gasteiger partial charge in [-0.1, -0.05) is 19.6 Å². The lowest BCUT2D eigenvalue weighted by atomic mass is 10.1. The van der Waals surface area contributed by atoms with Gasteiger partial charge in [-0.25, -0.2) is 4.68 Å². The van der Waals surface area contributed by atoms with Gasteiger partial charge in [0, 0.05) is 6.20 Å². The molecule has 0 aliphatic rings. The third kappa shape index (κ3) is 1.89. The highest BCUT2D eigenvalue weighted by molar-refractivity contribution is 5.64. The lowest BCUT2D eigenvalue weighted by molar-refractivity contribution is 0.911. The number of nitrogens with zero attached hydrogens (tertiary/aromatic N) is 2. The van der Waals surface area contributed by atoms with Gasteiger partial charge >= 0.3 is 0 Å². The van der Waals surface area contributed by atoms with Crippen LogP contribution >= 0.6 is 0 Å². The van der Waals surface area contributed by atoms with Crippen molar-refractivity contribution in [3.05, 3.63) is 30.1 Å². The summed E-state index contributed by atoms with van der Waals surface area (Å²) >= 11 is 0. The molecule has 0 fully saturated rings.